The molecule has 0 bridgehead atoms. The standard InChI is InChI=1S/C25H16BrClFNO5S/c1-33-21-11-14(9-10-20(21)34-24(31)15-5-2-3-6-17(15)26)12-22-23(30)29(25(32)35-22)13-16-18(27)7-4-8-19(16)28/h2-12H,13H2,1H3/b22-12-. The second-order valence-corrected chi connectivity index (χ2v) is 9.50. The Morgan fingerprint density at radius 3 is 2.60 bits per heavy atom. The van der Waals surface area contributed by atoms with Gasteiger partial charge in [0.05, 0.1) is 24.1 Å². The minimum atomic E-state index is -0.599. The maximum absolute atomic E-state index is 14.1. The average molecular weight is 577 g/mol. The predicted molar refractivity (Wildman–Crippen MR) is 135 cm³/mol. The molecule has 0 radical (unpaired) electrons. The maximum atomic E-state index is 14.1. The van der Waals surface area contributed by atoms with Crippen LogP contribution in [0.4, 0.5) is 9.18 Å². The number of nitrogens with zero attached hydrogens (tertiary/aromatic N) is 1. The van der Waals surface area contributed by atoms with Crippen molar-refractivity contribution in [2.24, 2.45) is 0 Å². The first-order chi connectivity index (χ1) is 16.8. The Morgan fingerprint density at radius 1 is 1.11 bits per heavy atom. The molecule has 10 heteroatoms. The maximum Gasteiger partial charge on any atom is 0.344 e. The molecule has 1 heterocycles. The Balaban J connectivity index is 1.54. The van der Waals surface area contributed by atoms with Crippen molar-refractivity contribution in [3.8, 4) is 11.5 Å². The molecule has 3 aromatic carbocycles. The molecule has 2 amide bonds. The van der Waals surface area contributed by atoms with Crippen LogP contribution in [0.2, 0.25) is 5.02 Å². The number of carbonyl (C=O) groups excluding carboxylic acids is 3. The molecule has 4 rings (SSSR count). The molecule has 0 unspecified atom stereocenters. The molecule has 1 aliphatic heterocycles. The quantitative estimate of drug-likeness (QED) is 0.185. The predicted octanol–water partition coefficient (Wildman–Crippen LogP) is 6.71. The molecule has 0 spiro atoms. The van der Waals surface area contributed by atoms with Crippen LogP contribution in [-0.4, -0.2) is 29.1 Å². The van der Waals surface area contributed by atoms with Gasteiger partial charge in [-0.3, -0.25) is 14.5 Å². The van der Waals surface area contributed by atoms with Gasteiger partial charge in [0.1, 0.15) is 5.82 Å². The fourth-order valence-corrected chi connectivity index (χ4v) is 4.78. The Hall–Kier alpha value is -3.14. The molecular weight excluding hydrogens is 561 g/mol. The van der Waals surface area contributed by atoms with Crippen LogP contribution in [0.1, 0.15) is 21.5 Å². The van der Waals surface area contributed by atoms with Crippen LogP contribution in [-0.2, 0) is 11.3 Å². The number of halogens is 3. The van der Waals surface area contributed by atoms with Crippen LogP contribution in [0.3, 0.4) is 0 Å². The zero-order chi connectivity index (χ0) is 25.1. The van der Waals surface area contributed by atoms with Crippen molar-refractivity contribution in [1.82, 2.24) is 4.90 Å². The molecule has 3 aromatic rings. The van der Waals surface area contributed by atoms with Crippen molar-refractivity contribution in [1.29, 1.82) is 0 Å². The number of thioether (sulfide) groups is 1. The van der Waals surface area contributed by atoms with Gasteiger partial charge in [0.25, 0.3) is 11.1 Å². The first-order valence-corrected chi connectivity index (χ1v) is 12.1. The molecule has 0 saturated carbocycles. The van der Waals surface area contributed by atoms with E-state index < -0.39 is 22.9 Å². The minimum absolute atomic E-state index is 0.0654. The monoisotopic (exact) mass is 575 g/mol. The summed E-state index contributed by atoms with van der Waals surface area (Å²) in [4.78, 5) is 38.9. The number of imide groups is 1. The molecule has 1 aliphatic rings. The first-order valence-electron chi connectivity index (χ1n) is 10.1. The number of rotatable bonds is 6. The number of hydrogen-bond acceptors (Lipinski definition) is 6. The van der Waals surface area contributed by atoms with Gasteiger partial charge in [-0.1, -0.05) is 35.9 Å². The van der Waals surface area contributed by atoms with E-state index in [9.17, 15) is 18.8 Å². The molecular formula is C25H16BrClFNO5S. The summed E-state index contributed by atoms with van der Waals surface area (Å²) in [5, 5.41) is -0.406. The Morgan fingerprint density at radius 2 is 1.89 bits per heavy atom. The van der Waals surface area contributed by atoms with Crippen molar-refractivity contribution < 1.29 is 28.2 Å². The summed E-state index contributed by atoms with van der Waals surface area (Å²) in [6.07, 6.45) is 1.51. The molecule has 0 aromatic heterocycles. The van der Waals surface area contributed by atoms with Crippen LogP contribution in [0.15, 0.2) is 70.0 Å². The van der Waals surface area contributed by atoms with Crippen LogP contribution in [0.25, 0.3) is 6.08 Å². The summed E-state index contributed by atoms with van der Waals surface area (Å²) in [7, 11) is 1.42. The Kier molecular flexibility index (Phi) is 7.59. The molecule has 0 N–H and O–H groups in total. The minimum Gasteiger partial charge on any atom is -0.493 e. The van der Waals surface area contributed by atoms with E-state index in [2.05, 4.69) is 15.9 Å². The van der Waals surface area contributed by atoms with Crippen molar-refractivity contribution in [3.05, 3.63) is 97.6 Å². The Labute approximate surface area is 217 Å². The second kappa shape index (κ2) is 10.6. The topological polar surface area (TPSA) is 72.9 Å². The van der Waals surface area contributed by atoms with Crippen LogP contribution < -0.4 is 9.47 Å². The second-order valence-electron chi connectivity index (χ2n) is 7.25. The number of benzene rings is 3. The van der Waals surface area contributed by atoms with Crippen molar-refractivity contribution in [2.75, 3.05) is 7.11 Å². The van der Waals surface area contributed by atoms with Gasteiger partial charge in [0.15, 0.2) is 11.5 Å². The molecule has 6 nitrogen and oxygen atoms in total. The van der Waals surface area contributed by atoms with Crippen LogP contribution >= 0.6 is 39.3 Å². The first kappa shape index (κ1) is 25.0. The summed E-state index contributed by atoms with van der Waals surface area (Å²) in [6, 6.07) is 15.7. The third-order valence-electron chi connectivity index (χ3n) is 5.03. The van der Waals surface area contributed by atoms with E-state index >= 15 is 0 Å². The Bertz CT molecular complexity index is 1360. The third kappa shape index (κ3) is 5.42. The molecule has 0 aliphatic carbocycles. The SMILES string of the molecule is COc1cc(/C=C2\SC(=O)N(Cc3c(F)cccc3Cl)C2=O)ccc1OC(=O)c1ccccc1Br. The highest BCUT2D eigenvalue weighted by molar-refractivity contribution is 9.10. The molecule has 1 saturated heterocycles. The lowest BCUT2D eigenvalue weighted by Gasteiger charge is -2.14. The summed E-state index contributed by atoms with van der Waals surface area (Å²) >= 11 is 10.1. The molecule has 0 atom stereocenters. The zero-order valence-electron chi connectivity index (χ0n) is 18.1. The van der Waals surface area contributed by atoms with Gasteiger partial charge in [-0.25, -0.2) is 9.18 Å². The third-order valence-corrected chi connectivity index (χ3v) is 6.99. The van der Waals surface area contributed by atoms with Gasteiger partial charge in [0.2, 0.25) is 0 Å². The van der Waals surface area contributed by atoms with Gasteiger partial charge in [-0.05, 0) is 75.7 Å². The lowest BCUT2D eigenvalue weighted by atomic mass is 10.1. The van der Waals surface area contributed by atoms with E-state index in [4.69, 9.17) is 21.1 Å². The molecule has 178 valence electrons. The van der Waals surface area contributed by atoms with Crippen LogP contribution in [0, 0.1) is 5.82 Å². The van der Waals surface area contributed by atoms with Gasteiger partial charge in [0, 0.05) is 15.1 Å². The average Bonchev–Trinajstić information content (AvgIpc) is 3.09. The van der Waals surface area contributed by atoms with E-state index in [1.165, 1.54) is 37.5 Å². The summed E-state index contributed by atoms with van der Waals surface area (Å²) in [5.74, 6) is -1.29. The van der Waals surface area contributed by atoms with Gasteiger partial charge in [-0.2, -0.15) is 0 Å². The number of amides is 2. The fourth-order valence-electron chi connectivity index (χ4n) is 3.27. The molecule has 35 heavy (non-hydrogen) atoms. The molecule has 1 fully saturated rings. The normalized spacial score (nSPS) is 14.5. The van der Waals surface area contributed by atoms with Crippen molar-refractivity contribution >= 4 is 62.5 Å². The highest BCUT2D eigenvalue weighted by Gasteiger charge is 2.36. The number of hydrogen-bond donors (Lipinski definition) is 0. The number of ether oxygens (including phenoxy) is 2. The summed E-state index contributed by atoms with van der Waals surface area (Å²) in [6.45, 7) is -0.277. The summed E-state index contributed by atoms with van der Waals surface area (Å²) < 4.78 is 25.6. The highest BCUT2D eigenvalue weighted by atomic mass is 79.9. The number of esters is 1. The van der Waals surface area contributed by atoms with Gasteiger partial charge < -0.3 is 9.47 Å². The summed E-state index contributed by atoms with van der Waals surface area (Å²) in [5.41, 5.74) is 0.954. The van der Waals surface area contributed by atoms with Crippen molar-refractivity contribution in [2.45, 2.75) is 6.54 Å². The van der Waals surface area contributed by atoms with Gasteiger partial charge in [-0.15, -0.1) is 0 Å². The van der Waals surface area contributed by atoms with E-state index in [0.717, 1.165) is 16.7 Å². The van der Waals surface area contributed by atoms with Crippen molar-refractivity contribution in [3.63, 3.8) is 0 Å². The van der Waals surface area contributed by atoms with E-state index in [0.29, 0.717) is 15.6 Å². The van der Waals surface area contributed by atoms with Crippen LogP contribution in [0.5, 0.6) is 11.5 Å². The van der Waals surface area contributed by atoms with E-state index in [1.54, 1.807) is 36.4 Å². The zero-order valence-corrected chi connectivity index (χ0v) is 21.2. The van der Waals surface area contributed by atoms with E-state index in [1.807, 2.05) is 0 Å². The lowest BCUT2D eigenvalue weighted by Crippen LogP contribution is -2.28. The fraction of sp³-hybridized carbons (Fsp3) is 0.0800. The smallest absolute Gasteiger partial charge is 0.344 e. The highest BCUT2D eigenvalue weighted by Crippen LogP contribution is 2.36. The number of methoxy groups -OCH3 is 1. The van der Waals surface area contributed by atoms with E-state index in [-0.39, 0.29) is 33.5 Å². The van der Waals surface area contributed by atoms with Gasteiger partial charge >= 0.3 is 5.97 Å². The lowest BCUT2D eigenvalue weighted by molar-refractivity contribution is -0.123. The number of carbonyl (C=O) groups is 3. The largest absolute Gasteiger partial charge is 0.493 e.